The average molecular weight is 448 g/mol. The van der Waals surface area contributed by atoms with Crippen molar-refractivity contribution in [2.45, 2.75) is 40.0 Å². The monoisotopic (exact) mass is 447 g/mol. The maximum absolute atomic E-state index is 13.0. The van der Waals surface area contributed by atoms with Crippen LogP contribution < -0.4 is 9.80 Å². The van der Waals surface area contributed by atoms with Gasteiger partial charge in [0.25, 0.3) is 11.8 Å². The van der Waals surface area contributed by atoms with Crippen molar-refractivity contribution >= 4 is 35.0 Å². The van der Waals surface area contributed by atoms with E-state index < -0.39 is 5.41 Å². The van der Waals surface area contributed by atoms with Crippen LogP contribution >= 0.6 is 0 Å². The second kappa shape index (κ2) is 8.46. The van der Waals surface area contributed by atoms with Crippen molar-refractivity contribution in [2.75, 3.05) is 29.9 Å². The van der Waals surface area contributed by atoms with Gasteiger partial charge < -0.3 is 9.80 Å². The lowest BCUT2D eigenvalue weighted by atomic mass is 9.90. The molecule has 0 spiro atoms. The topological polar surface area (TPSA) is 78.0 Å². The van der Waals surface area contributed by atoms with E-state index >= 15 is 0 Å². The number of aryl methyl sites for hydroxylation is 1. The molecule has 172 valence electrons. The molecular weight excluding hydrogens is 418 g/mol. The summed E-state index contributed by atoms with van der Waals surface area (Å²) >= 11 is 0. The maximum Gasteiger partial charge on any atom is 0.261 e. The van der Waals surface area contributed by atoms with Gasteiger partial charge >= 0.3 is 0 Å². The van der Waals surface area contributed by atoms with E-state index in [1.807, 2.05) is 25.1 Å². The Morgan fingerprint density at radius 2 is 1.42 bits per heavy atom. The molecule has 0 fully saturated rings. The Hall–Kier alpha value is -3.48. The molecule has 4 rings (SSSR count). The van der Waals surface area contributed by atoms with Gasteiger partial charge in [0.1, 0.15) is 5.41 Å². The van der Waals surface area contributed by atoms with Crippen LogP contribution in [0.2, 0.25) is 0 Å². The Labute approximate surface area is 194 Å². The van der Waals surface area contributed by atoms with E-state index in [0.29, 0.717) is 30.6 Å². The van der Waals surface area contributed by atoms with Gasteiger partial charge in [-0.15, -0.1) is 0 Å². The molecule has 0 bridgehead atoms. The van der Waals surface area contributed by atoms with Crippen LogP contribution in [-0.2, 0) is 16.0 Å². The minimum Gasteiger partial charge on any atom is -0.313 e. The van der Waals surface area contributed by atoms with Gasteiger partial charge in [-0.1, -0.05) is 18.2 Å². The van der Waals surface area contributed by atoms with E-state index in [1.54, 1.807) is 55.0 Å². The highest BCUT2D eigenvalue weighted by atomic mass is 16.2. The van der Waals surface area contributed by atoms with Crippen molar-refractivity contribution in [2.24, 2.45) is 5.41 Å². The summed E-state index contributed by atoms with van der Waals surface area (Å²) in [7, 11) is 1.71. The average Bonchev–Trinajstić information content (AvgIpc) is 3.03. The Morgan fingerprint density at radius 3 is 2.03 bits per heavy atom. The zero-order chi connectivity index (χ0) is 23.9. The fourth-order valence-electron chi connectivity index (χ4n) is 4.64. The molecule has 2 aromatic carbocycles. The normalized spacial score (nSPS) is 17.4. The fraction of sp³-hybridized carbons (Fsp3) is 0.385. The highest BCUT2D eigenvalue weighted by Gasteiger charge is 2.45. The number of carbonyl (C=O) groups excluding carboxylic acids is 4. The molecule has 7 heteroatoms. The molecule has 33 heavy (non-hydrogen) atoms. The van der Waals surface area contributed by atoms with E-state index in [4.69, 9.17) is 0 Å². The van der Waals surface area contributed by atoms with Crippen LogP contribution in [0.4, 0.5) is 11.4 Å². The molecule has 2 aliphatic rings. The van der Waals surface area contributed by atoms with Gasteiger partial charge in [0.15, 0.2) is 0 Å². The second-order valence-electron chi connectivity index (χ2n) is 9.13. The fourth-order valence-corrected chi connectivity index (χ4v) is 4.64. The molecule has 2 aliphatic heterocycles. The largest absolute Gasteiger partial charge is 0.313 e. The van der Waals surface area contributed by atoms with Crippen molar-refractivity contribution in [3.8, 4) is 0 Å². The first-order valence-electron chi connectivity index (χ1n) is 11.4. The third kappa shape index (κ3) is 3.71. The van der Waals surface area contributed by atoms with Gasteiger partial charge in [0, 0.05) is 20.1 Å². The summed E-state index contributed by atoms with van der Waals surface area (Å²) in [5.74, 6) is -0.887. The smallest absolute Gasteiger partial charge is 0.261 e. The first-order valence-corrected chi connectivity index (χ1v) is 11.4. The Morgan fingerprint density at radius 1 is 0.788 bits per heavy atom. The zero-order valence-electron chi connectivity index (χ0n) is 19.6. The maximum atomic E-state index is 13.0. The lowest BCUT2D eigenvalue weighted by molar-refractivity contribution is -0.137. The first-order chi connectivity index (χ1) is 15.7. The number of nitrogens with zero attached hydrogens (tertiary/aromatic N) is 3. The van der Waals surface area contributed by atoms with Gasteiger partial charge in [-0.05, 0) is 69.9 Å². The van der Waals surface area contributed by atoms with Gasteiger partial charge in [-0.25, -0.2) is 0 Å². The highest BCUT2D eigenvalue weighted by Crippen LogP contribution is 2.39. The SMILES string of the molecule is CCN1C(=O)C(C)(C)C(=O)N(C)c2cc(CCCCN3C(=O)c4ccccc4C3=O)ccc21. The van der Waals surface area contributed by atoms with Crippen molar-refractivity contribution in [1.29, 1.82) is 0 Å². The molecular formula is C26H29N3O4. The number of imide groups is 1. The second-order valence-corrected chi connectivity index (χ2v) is 9.13. The van der Waals surface area contributed by atoms with E-state index in [1.165, 1.54) is 4.90 Å². The third-order valence-electron chi connectivity index (χ3n) is 6.60. The Bertz CT molecular complexity index is 1120. The molecule has 0 atom stereocenters. The van der Waals surface area contributed by atoms with Gasteiger partial charge in [-0.3, -0.25) is 24.1 Å². The summed E-state index contributed by atoms with van der Waals surface area (Å²) in [6.45, 7) is 6.10. The molecule has 2 heterocycles. The van der Waals surface area contributed by atoms with Crippen molar-refractivity contribution in [3.05, 3.63) is 59.2 Å². The molecule has 0 saturated heterocycles. The number of anilines is 2. The minimum atomic E-state index is -1.13. The number of rotatable bonds is 6. The van der Waals surface area contributed by atoms with E-state index in [2.05, 4.69) is 0 Å². The number of fused-ring (bicyclic) bond motifs is 2. The highest BCUT2D eigenvalue weighted by molar-refractivity contribution is 6.21. The number of amides is 4. The van der Waals surface area contributed by atoms with Crippen LogP contribution in [0, 0.1) is 5.41 Å². The van der Waals surface area contributed by atoms with Crippen LogP contribution in [0.15, 0.2) is 42.5 Å². The van der Waals surface area contributed by atoms with E-state index in [9.17, 15) is 19.2 Å². The van der Waals surface area contributed by atoms with Crippen molar-refractivity contribution in [3.63, 3.8) is 0 Å². The Kier molecular flexibility index (Phi) is 5.82. The number of hydrogen-bond acceptors (Lipinski definition) is 4. The summed E-state index contributed by atoms with van der Waals surface area (Å²) in [4.78, 5) is 55.6. The summed E-state index contributed by atoms with van der Waals surface area (Å²) in [5, 5.41) is 0. The van der Waals surface area contributed by atoms with E-state index in [-0.39, 0.29) is 23.6 Å². The quantitative estimate of drug-likeness (QED) is 0.385. The van der Waals surface area contributed by atoms with Crippen LogP contribution in [0.3, 0.4) is 0 Å². The molecule has 0 radical (unpaired) electrons. The number of benzene rings is 2. The molecule has 0 N–H and O–H groups in total. The van der Waals surface area contributed by atoms with E-state index in [0.717, 1.165) is 29.8 Å². The number of hydrogen-bond donors (Lipinski definition) is 0. The third-order valence-corrected chi connectivity index (χ3v) is 6.60. The lowest BCUT2D eigenvalue weighted by Crippen LogP contribution is -2.47. The van der Waals surface area contributed by atoms with Crippen LogP contribution in [0.5, 0.6) is 0 Å². The van der Waals surface area contributed by atoms with Gasteiger partial charge in [0.2, 0.25) is 11.8 Å². The molecule has 4 amide bonds. The molecule has 0 unspecified atom stereocenters. The van der Waals surface area contributed by atoms with Crippen molar-refractivity contribution < 1.29 is 19.2 Å². The summed E-state index contributed by atoms with van der Waals surface area (Å²) < 4.78 is 0. The van der Waals surface area contributed by atoms with Crippen LogP contribution in [0.25, 0.3) is 0 Å². The van der Waals surface area contributed by atoms with Gasteiger partial charge in [-0.2, -0.15) is 0 Å². The Balaban J connectivity index is 1.45. The van der Waals surface area contributed by atoms with Crippen molar-refractivity contribution in [1.82, 2.24) is 4.90 Å². The first kappa shape index (κ1) is 22.7. The minimum absolute atomic E-state index is 0.200. The van der Waals surface area contributed by atoms with Crippen LogP contribution in [-0.4, -0.2) is 48.7 Å². The van der Waals surface area contributed by atoms with Gasteiger partial charge in [0.05, 0.1) is 22.5 Å². The van der Waals surface area contributed by atoms with Crippen LogP contribution in [0.1, 0.15) is 59.9 Å². The summed E-state index contributed by atoms with van der Waals surface area (Å²) in [5.41, 5.74) is 2.31. The summed E-state index contributed by atoms with van der Waals surface area (Å²) in [6.07, 6.45) is 2.21. The molecule has 0 saturated carbocycles. The predicted octanol–water partition coefficient (Wildman–Crippen LogP) is 3.66. The lowest BCUT2D eigenvalue weighted by Gasteiger charge is -2.27. The molecule has 0 aliphatic carbocycles. The summed E-state index contributed by atoms with van der Waals surface area (Å²) in [6, 6.07) is 12.8. The molecule has 0 aromatic heterocycles. The standard InChI is InChI=1S/C26H29N3O4/c1-5-28-20-14-13-17(16-21(20)27(4)24(32)26(2,3)25(28)33)10-8-9-15-29-22(30)18-11-6-7-12-19(18)23(29)31/h6-7,11-14,16H,5,8-10,15H2,1-4H3. The predicted molar refractivity (Wildman–Crippen MR) is 126 cm³/mol. The zero-order valence-corrected chi connectivity index (χ0v) is 19.6. The molecule has 2 aromatic rings. The number of carbonyl (C=O) groups is 4. The molecule has 7 nitrogen and oxygen atoms in total. The number of unbranched alkanes of at least 4 members (excludes halogenated alkanes) is 1.